The molecule has 1 atom stereocenters. The van der Waals surface area contributed by atoms with Gasteiger partial charge in [0.25, 0.3) is 5.91 Å². The molecule has 2 aliphatic heterocycles. The van der Waals surface area contributed by atoms with E-state index in [2.05, 4.69) is 25.5 Å². The van der Waals surface area contributed by atoms with Crippen LogP contribution in [0.3, 0.4) is 0 Å². The monoisotopic (exact) mass is 385 g/mol. The minimum absolute atomic E-state index is 0.0250. The minimum Gasteiger partial charge on any atom is -0.318 e. The molecule has 2 aromatic rings. The van der Waals surface area contributed by atoms with Crippen LogP contribution < -0.4 is 10.6 Å². The molecule has 2 aliphatic rings. The summed E-state index contributed by atoms with van der Waals surface area (Å²) in [6, 6.07) is 6.90. The molecule has 7 nitrogen and oxygen atoms in total. The van der Waals surface area contributed by atoms with Gasteiger partial charge in [0, 0.05) is 25.1 Å². The predicted molar refractivity (Wildman–Crippen MR) is 99.8 cm³/mol. The summed E-state index contributed by atoms with van der Waals surface area (Å²) < 4.78 is 0. The number of hydrogen-bond donors (Lipinski definition) is 2. The molecule has 4 rings (SSSR count). The van der Waals surface area contributed by atoms with Gasteiger partial charge in [0.2, 0.25) is 0 Å². The van der Waals surface area contributed by atoms with Gasteiger partial charge in [-0.2, -0.15) is 0 Å². The van der Waals surface area contributed by atoms with Gasteiger partial charge >= 0.3 is 6.03 Å². The summed E-state index contributed by atoms with van der Waals surface area (Å²) in [4.78, 5) is 35.4. The maximum absolute atomic E-state index is 12.8. The molecule has 140 valence electrons. The Morgan fingerprint density at radius 1 is 1.19 bits per heavy atom. The summed E-state index contributed by atoms with van der Waals surface area (Å²) in [7, 11) is 0. The molecule has 4 heterocycles. The first-order valence-corrected chi connectivity index (χ1v) is 9.33. The van der Waals surface area contributed by atoms with E-state index in [-0.39, 0.29) is 11.8 Å². The molecule has 2 saturated heterocycles. The summed E-state index contributed by atoms with van der Waals surface area (Å²) >= 11 is 6.22. The number of rotatable bonds is 4. The second-order valence-corrected chi connectivity index (χ2v) is 7.36. The van der Waals surface area contributed by atoms with Gasteiger partial charge in [0.15, 0.2) is 5.54 Å². The van der Waals surface area contributed by atoms with Gasteiger partial charge in [0.05, 0.1) is 10.7 Å². The molecular formula is C19H20ClN5O2. The molecule has 0 radical (unpaired) electrons. The highest BCUT2D eigenvalue weighted by molar-refractivity contribution is 6.31. The highest BCUT2D eigenvalue weighted by atomic mass is 35.5. The zero-order valence-corrected chi connectivity index (χ0v) is 15.4. The number of imide groups is 1. The number of aromatic nitrogens is 2. The van der Waals surface area contributed by atoms with Gasteiger partial charge in [-0.1, -0.05) is 17.7 Å². The van der Waals surface area contributed by atoms with Crippen molar-refractivity contribution in [1.29, 1.82) is 0 Å². The van der Waals surface area contributed by atoms with Gasteiger partial charge in [0.1, 0.15) is 0 Å². The van der Waals surface area contributed by atoms with Crippen LogP contribution in [-0.2, 0) is 16.9 Å². The Hall–Kier alpha value is -2.51. The van der Waals surface area contributed by atoms with Crippen LogP contribution in [0.1, 0.15) is 24.1 Å². The molecule has 2 fully saturated rings. The zero-order chi connectivity index (χ0) is 18.9. The number of likely N-dealkylation sites (tertiary alicyclic amines) is 1. The van der Waals surface area contributed by atoms with Crippen LogP contribution in [0.5, 0.6) is 0 Å². The maximum atomic E-state index is 12.8. The van der Waals surface area contributed by atoms with Crippen LogP contribution in [0.4, 0.5) is 4.79 Å². The Morgan fingerprint density at radius 2 is 2.00 bits per heavy atom. The predicted octanol–water partition coefficient (Wildman–Crippen LogP) is 2.08. The second-order valence-electron chi connectivity index (χ2n) is 6.95. The number of amides is 3. The van der Waals surface area contributed by atoms with E-state index in [1.54, 1.807) is 30.7 Å². The molecule has 2 aromatic heterocycles. The lowest BCUT2D eigenvalue weighted by Crippen LogP contribution is -2.53. The lowest BCUT2D eigenvalue weighted by Gasteiger charge is -2.40. The third-order valence-corrected chi connectivity index (χ3v) is 5.76. The second kappa shape index (κ2) is 7.25. The first kappa shape index (κ1) is 17.9. The van der Waals surface area contributed by atoms with Gasteiger partial charge in [-0.25, -0.2) is 4.79 Å². The van der Waals surface area contributed by atoms with Crippen LogP contribution in [0.25, 0.3) is 0 Å². The number of halogens is 1. The van der Waals surface area contributed by atoms with E-state index in [0.717, 1.165) is 38.0 Å². The number of carbonyl (C=O) groups is 2. The fraction of sp³-hybridized carbons (Fsp3) is 0.368. The van der Waals surface area contributed by atoms with Crippen molar-refractivity contribution in [2.75, 3.05) is 13.1 Å². The Morgan fingerprint density at radius 3 is 2.63 bits per heavy atom. The molecule has 0 saturated carbocycles. The summed E-state index contributed by atoms with van der Waals surface area (Å²) in [5.41, 5.74) is 0.527. The number of piperidine rings is 1. The van der Waals surface area contributed by atoms with Crippen LogP contribution in [0.2, 0.25) is 5.02 Å². The molecular weight excluding hydrogens is 366 g/mol. The van der Waals surface area contributed by atoms with Crippen molar-refractivity contribution in [1.82, 2.24) is 25.5 Å². The van der Waals surface area contributed by atoms with Crippen molar-refractivity contribution >= 4 is 23.5 Å². The zero-order valence-electron chi connectivity index (χ0n) is 14.7. The van der Waals surface area contributed by atoms with Crippen LogP contribution >= 0.6 is 11.6 Å². The van der Waals surface area contributed by atoms with E-state index in [4.69, 9.17) is 11.6 Å². The topological polar surface area (TPSA) is 87.2 Å². The number of hydrogen-bond acceptors (Lipinski definition) is 5. The first-order valence-electron chi connectivity index (χ1n) is 8.95. The van der Waals surface area contributed by atoms with Crippen molar-refractivity contribution < 1.29 is 9.59 Å². The van der Waals surface area contributed by atoms with Gasteiger partial charge in [-0.15, -0.1) is 0 Å². The van der Waals surface area contributed by atoms with E-state index < -0.39 is 11.6 Å². The average molecular weight is 386 g/mol. The van der Waals surface area contributed by atoms with Crippen molar-refractivity contribution in [2.24, 2.45) is 5.92 Å². The highest BCUT2D eigenvalue weighted by Gasteiger charge is 2.54. The van der Waals surface area contributed by atoms with E-state index >= 15 is 0 Å². The quantitative estimate of drug-likeness (QED) is 0.787. The Labute approximate surface area is 162 Å². The SMILES string of the molecule is O=C1NC(=O)[C@](c2ccccn2)(C2CCN(Cc3ccncc3Cl)CC2)N1. The summed E-state index contributed by atoms with van der Waals surface area (Å²) in [5.74, 6) is -0.343. The van der Waals surface area contributed by atoms with Gasteiger partial charge < -0.3 is 5.32 Å². The van der Waals surface area contributed by atoms with Gasteiger partial charge in [-0.05, 0) is 55.6 Å². The Kier molecular flexibility index (Phi) is 4.80. The largest absolute Gasteiger partial charge is 0.322 e. The molecule has 0 unspecified atom stereocenters. The highest BCUT2D eigenvalue weighted by Crippen LogP contribution is 2.38. The van der Waals surface area contributed by atoms with Crippen molar-refractivity contribution in [3.63, 3.8) is 0 Å². The first-order chi connectivity index (χ1) is 13.1. The molecule has 0 aromatic carbocycles. The fourth-order valence-electron chi connectivity index (χ4n) is 4.04. The van der Waals surface area contributed by atoms with Crippen LogP contribution in [0, 0.1) is 5.92 Å². The molecule has 3 amide bonds. The number of nitrogens with zero attached hydrogens (tertiary/aromatic N) is 3. The van der Waals surface area contributed by atoms with Crippen molar-refractivity contribution in [2.45, 2.75) is 24.9 Å². The van der Waals surface area contributed by atoms with E-state index in [9.17, 15) is 9.59 Å². The number of pyridine rings is 2. The lowest BCUT2D eigenvalue weighted by atomic mass is 9.75. The molecule has 27 heavy (non-hydrogen) atoms. The number of carbonyl (C=O) groups excluding carboxylic acids is 2. The van der Waals surface area contributed by atoms with E-state index in [1.807, 2.05) is 12.1 Å². The molecule has 8 heteroatoms. The van der Waals surface area contributed by atoms with Gasteiger partial charge in [-0.3, -0.25) is 25.0 Å². The normalized spacial score (nSPS) is 23.9. The molecule has 0 aliphatic carbocycles. The third kappa shape index (κ3) is 3.28. The molecule has 0 spiro atoms. The molecule has 2 N–H and O–H groups in total. The van der Waals surface area contributed by atoms with E-state index in [1.165, 1.54) is 0 Å². The van der Waals surface area contributed by atoms with Crippen molar-refractivity contribution in [3.05, 3.63) is 59.1 Å². The van der Waals surface area contributed by atoms with Crippen LogP contribution in [-0.4, -0.2) is 39.9 Å². The van der Waals surface area contributed by atoms with E-state index in [0.29, 0.717) is 10.7 Å². The standard InChI is InChI=1S/C19H20ClN5O2/c20-15-11-21-8-4-13(15)12-25-9-5-14(6-10-25)19(16-3-1-2-7-22-16)17(26)23-18(27)24-19/h1-4,7-8,11,14H,5-6,9-10,12H2,(H2,23,24,26,27)/t19-/m1/s1. The lowest BCUT2D eigenvalue weighted by molar-refractivity contribution is -0.127. The summed E-state index contributed by atoms with van der Waals surface area (Å²) in [6.07, 6.45) is 6.58. The molecule has 0 bridgehead atoms. The Balaban J connectivity index is 1.52. The summed E-state index contributed by atoms with van der Waals surface area (Å²) in [6.45, 7) is 2.35. The summed E-state index contributed by atoms with van der Waals surface area (Å²) in [5, 5.41) is 5.92. The Bertz CT molecular complexity index is 854. The van der Waals surface area contributed by atoms with Crippen LogP contribution in [0.15, 0.2) is 42.9 Å². The minimum atomic E-state index is -1.10. The van der Waals surface area contributed by atoms with Crippen molar-refractivity contribution in [3.8, 4) is 0 Å². The maximum Gasteiger partial charge on any atom is 0.322 e. The number of nitrogens with one attached hydrogen (secondary N) is 2. The average Bonchev–Trinajstić information content (AvgIpc) is 3.00. The number of urea groups is 1. The fourth-order valence-corrected chi connectivity index (χ4v) is 4.22. The smallest absolute Gasteiger partial charge is 0.318 e. The third-order valence-electron chi connectivity index (χ3n) is 5.42.